The first-order chi connectivity index (χ1) is 8.70. The minimum atomic E-state index is 0.135. The normalized spacial score (nSPS) is 10.5. The molecule has 0 aliphatic heterocycles. The Kier molecular flexibility index (Phi) is 4.10. The maximum Gasteiger partial charge on any atom is 0.135 e. The second kappa shape index (κ2) is 5.78. The Balaban J connectivity index is 2.08. The molecule has 0 atom stereocenters. The van der Waals surface area contributed by atoms with E-state index in [1.807, 2.05) is 13.0 Å². The molecule has 0 spiro atoms. The lowest BCUT2D eigenvalue weighted by molar-refractivity contribution is 0.921. The molecule has 0 amide bonds. The molecule has 0 saturated heterocycles. The molecule has 0 aliphatic carbocycles. The van der Waals surface area contributed by atoms with E-state index < -0.39 is 0 Å². The lowest BCUT2D eigenvalue weighted by atomic mass is 10.1. The van der Waals surface area contributed by atoms with Crippen LogP contribution in [0.5, 0.6) is 0 Å². The van der Waals surface area contributed by atoms with E-state index in [9.17, 15) is 0 Å². The molecular formula is C14H17N3S. The van der Waals surface area contributed by atoms with Gasteiger partial charge in [0, 0.05) is 6.42 Å². The molecule has 3 N–H and O–H groups in total. The van der Waals surface area contributed by atoms with Crippen LogP contribution in [0.4, 0.5) is 0 Å². The third-order valence-corrected chi connectivity index (χ3v) is 3.98. The molecule has 2 rings (SSSR count). The van der Waals surface area contributed by atoms with Crippen molar-refractivity contribution in [2.45, 2.75) is 26.2 Å². The largest absolute Gasteiger partial charge is 0.383 e. The Morgan fingerprint density at radius 1 is 1.28 bits per heavy atom. The van der Waals surface area contributed by atoms with Gasteiger partial charge in [-0.25, -0.2) is 4.98 Å². The Bertz CT molecular complexity index is 531. The van der Waals surface area contributed by atoms with E-state index in [0.29, 0.717) is 0 Å². The fraction of sp³-hybridized carbons (Fsp3) is 0.286. The van der Waals surface area contributed by atoms with Crippen molar-refractivity contribution in [1.29, 1.82) is 5.41 Å². The van der Waals surface area contributed by atoms with Crippen LogP contribution >= 0.6 is 11.3 Å². The Labute approximate surface area is 111 Å². The highest BCUT2D eigenvalue weighted by molar-refractivity contribution is 7.13. The van der Waals surface area contributed by atoms with E-state index in [0.717, 1.165) is 34.8 Å². The third-order valence-electron chi connectivity index (χ3n) is 2.79. The summed E-state index contributed by atoms with van der Waals surface area (Å²) in [6.07, 6.45) is 2.72. The first-order valence-corrected chi connectivity index (χ1v) is 6.89. The molecule has 18 heavy (non-hydrogen) atoms. The van der Waals surface area contributed by atoms with Gasteiger partial charge in [0.05, 0.1) is 15.6 Å². The summed E-state index contributed by atoms with van der Waals surface area (Å²) in [5.41, 5.74) is 7.83. The number of hydrogen-bond acceptors (Lipinski definition) is 3. The molecule has 1 aromatic heterocycles. The molecule has 0 aliphatic rings. The van der Waals surface area contributed by atoms with Gasteiger partial charge in [0.25, 0.3) is 0 Å². The van der Waals surface area contributed by atoms with Crippen LogP contribution in [0, 0.1) is 5.41 Å². The Morgan fingerprint density at radius 3 is 2.56 bits per heavy atom. The van der Waals surface area contributed by atoms with Crippen LogP contribution in [-0.4, -0.2) is 10.8 Å². The monoisotopic (exact) mass is 259 g/mol. The van der Waals surface area contributed by atoms with Crippen molar-refractivity contribution in [3.05, 3.63) is 51.5 Å². The van der Waals surface area contributed by atoms with Gasteiger partial charge < -0.3 is 5.73 Å². The van der Waals surface area contributed by atoms with Crippen LogP contribution in [0.3, 0.4) is 0 Å². The second-order valence-electron chi connectivity index (χ2n) is 4.14. The fourth-order valence-corrected chi connectivity index (χ4v) is 2.87. The maximum absolute atomic E-state index is 7.54. The van der Waals surface area contributed by atoms with Gasteiger partial charge in [0.2, 0.25) is 0 Å². The average molecular weight is 259 g/mol. The molecular weight excluding hydrogens is 242 g/mol. The summed E-state index contributed by atoms with van der Waals surface area (Å²) >= 11 is 1.55. The van der Waals surface area contributed by atoms with Crippen LogP contribution < -0.4 is 5.73 Å². The van der Waals surface area contributed by atoms with E-state index in [-0.39, 0.29) is 5.84 Å². The van der Waals surface area contributed by atoms with Crippen LogP contribution in [0.2, 0.25) is 0 Å². The fourth-order valence-electron chi connectivity index (χ4n) is 1.85. The zero-order valence-electron chi connectivity index (χ0n) is 10.4. The summed E-state index contributed by atoms with van der Waals surface area (Å²) in [4.78, 5) is 5.40. The molecule has 0 fully saturated rings. The highest BCUT2D eigenvalue weighted by atomic mass is 32.1. The van der Waals surface area contributed by atoms with Gasteiger partial charge in [-0.3, -0.25) is 5.41 Å². The topological polar surface area (TPSA) is 62.8 Å². The summed E-state index contributed by atoms with van der Waals surface area (Å²) in [7, 11) is 0. The number of benzene rings is 1. The van der Waals surface area contributed by atoms with Gasteiger partial charge in [-0.05, 0) is 18.4 Å². The van der Waals surface area contributed by atoms with Gasteiger partial charge in [0.15, 0.2) is 0 Å². The van der Waals surface area contributed by atoms with E-state index in [4.69, 9.17) is 11.1 Å². The van der Waals surface area contributed by atoms with Crippen molar-refractivity contribution in [2.24, 2.45) is 5.73 Å². The van der Waals surface area contributed by atoms with Crippen molar-refractivity contribution in [3.63, 3.8) is 0 Å². The van der Waals surface area contributed by atoms with Gasteiger partial charge in [-0.1, -0.05) is 37.3 Å². The Morgan fingerprint density at radius 2 is 2.00 bits per heavy atom. The molecule has 94 valence electrons. The smallest absolute Gasteiger partial charge is 0.135 e. The summed E-state index contributed by atoms with van der Waals surface area (Å²) in [6.45, 7) is 2.04. The van der Waals surface area contributed by atoms with Crippen LogP contribution in [0.15, 0.2) is 30.3 Å². The number of rotatable bonds is 5. The maximum atomic E-state index is 7.54. The molecule has 2 aromatic rings. The molecule has 3 nitrogen and oxygen atoms in total. The standard InChI is InChI=1S/C14H17N3S/c1-2-11-13(14(15)16)18-12(17-11)9-8-10-6-4-3-5-7-10/h3-7H,2,8-9H2,1H3,(H3,15,16). The molecule has 0 saturated carbocycles. The summed E-state index contributed by atoms with van der Waals surface area (Å²) in [5.74, 6) is 0.135. The van der Waals surface area contributed by atoms with E-state index in [2.05, 4.69) is 29.2 Å². The minimum Gasteiger partial charge on any atom is -0.383 e. The predicted octanol–water partition coefficient (Wildman–Crippen LogP) is 2.77. The van der Waals surface area contributed by atoms with Gasteiger partial charge in [0.1, 0.15) is 5.84 Å². The van der Waals surface area contributed by atoms with Crippen molar-refractivity contribution in [2.75, 3.05) is 0 Å². The van der Waals surface area contributed by atoms with Crippen LogP contribution in [0.25, 0.3) is 0 Å². The van der Waals surface area contributed by atoms with E-state index >= 15 is 0 Å². The molecule has 0 unspecified atom stereocenters. The predicted molar refractivity (Wildman–Crippen MR) is 76.4 cm³/mol. The number of nitrogens with two attached hydrogens (primary N) is 1. The quantitative estimate of drug-likeness (QED) is 0.640. The molecule has 1 aromatic carbocycles. The number of nitrogens with one attached hydrogen (secondary N) is 1. The average Bonchev–Trinajstić information content (AvgIpc) is 2.81. The third kappa shape index (κ3) is 2.96. The summed E-state index contributed by atoms with van der Waals surface area (Å²) in [5, 5.41) is 8.61. The molecule has 1 heterocycles. The highest BCUT2D eigenvalue weighted by Gasteiger charge is 2.11. The van der Waals surface area contributed by atoms with Crippen molar-refractivity contribution in [3.8, 4) is 0 Å². The van der Waals surface area contributed by atoms with Crippen molar-refractivity contribution < 1.29 is 0 Å². The number of hydrogen-bond donors (Lipinski definition) is 2. The summed E-state index contributed by atoms with van der Waals surface area (Å²) < 4.78 is 0. The first-order valence-electron chi connectivity index (χ1n) is 6.07. The van der Waals surface area contributed by atoms with Gasteiger partial charge in [-0.2, -0.15) is 0 Å². The molecule has 0 bridgehead atoms. The number of amidine groups is 1. The lowest BCUT2D eigenvalue weighted by Gasteiger charge is -1.97. The van der Waals surface area contributed by atoms with Gasteiger partial charge in [-0.15, -0.1) is 11.3 Å². The SMILES string of the molecule is CCc1nc(CCc2ccccc2)sc1C(=N)N. The number of nitrogen functional groups attached to an aromatic ring is 1. The number of nitrogens with zero attached hydrogens (tertiary/aromatic N) is 1. The van der Waals surface area contributed by atoms with Crippen molar-refractivity contribution >= 4 is 17.2 Å². The first kappa shape index (κ1) is 12.8. The zero-order valence-corrected chi connectivity index (χ0v) is 11.3. The van der Waals surface area contributed by atoms with Crippen LogP contribution in [-0.2, 0) is 19.3 Å². The number of thiazole rings is 1. The highest BCUT2D eigenvalue weighted by Crippen LogP contribution is 2.20. The van der Waals surface area contributed by atoms with Gasteiger partial charge >= 0.3 is 0 Å². The van der Waals surface area contributed by atoms with Crippen LogP contribution in [0.1, 0.15) is 28.1 Å². The molecule has 0 radical (unpaired) electrons. The van der Waals surface area contributed by atoms with Crippen molar-refractivity contribution in [1.82, 2.24) is 4.98 Å². The molecule has 4 heteroatoms. The minimum absolute atomic E-state index is 0.135. The Hall–Kier alpha value is -1.68. The second-order valence-corrected chi connectivity index (χ2v) is 5.22. The summed E-state index contributed by atoms with van der Waals surface area (Å²) in [6, 6.07) is 10.4. The number of aromatic nitrogens is 1. The zero-order chi connectivity index (χ0) is 13.0. The van der Waals surface area contributed by atoms with E-state index in [1.54, 1.807) is 11.3 Å². The number of aryl methyl sites for hydroxylation is 3. The van der Waals surface area contributed by atoms with E-state index in [1.165, 1.54) is 5.56 Å². The lowest BCUT2D eigenvalue weighted by Crippen LogP contribution is -2.11.